The highest BCUT2D eigenvalue weighted by Gasteiger charge is 2.25. The summed E-state index contributed by atoms with van der Waals surface area (Å²) in [4.78, 5) is 2.37. The minimum Gasteiger partial charge on any atom is -0.311 e. The fourth-order valence-electron chi connectivity index (χ4n) is 4.04. The molecular formula is C32H43N. The van der Waals surface area contributed by atoms with Crippen LogP contribution in [0.25, 0.3) is 0 Å². The van der Waals surface area contributed by atoms with Gasteiger partial charge >= 0.3 is 0 Å². The third kappa shape index (κ3) is 5.52. The summed E-state index contributed by atoms with van der Waals surface area (Å²) in [7, 11) is 0. The molecule has 0 unspecified atom stereocenters. The van der Waals surface area contributed by atoms with E-state index in [2.05, 4.69) is 147 Å². The van der Waals surface area contributed by atoms with Gasteiger partial charge in [0.1, 0.15) is 0 Å². The Kier molecular flexibility index (Phi) is 6.85. The van der Waals surface area contributed by atoms with Crippen molar-refractivity contribution < 1.29 is 0 Å². The van der Waals surface area contributed by atoms with E-state index in [0.29, 0.717) is 5.92 Å². The van der Waals surface area contributed by atoms with Crippen molar-refractivity contribution in [2.24, 2.45) is 5.92 Å². The Morgan fingerprint density at radius 1 is 0.455 bits per heavy atom. The number of nitrogens with zero attached hydrogens (tertiary/aromatic N) is 1. The molecule has 3 rings (SSSR count). The summed E-state index contributed by atoms with van der Waals surface area (Å²) < 4.78 is 0. The van der Waals surface area contributed by atoms with Crippen LogP contribution in [0, 0.1) is 5.92 Å². The third-order valence-corrected chi connectivity index (χ3v) is 7.30. The predicted molar refractivity (Wildman–Crippen MR) is 146 cm³/mol. The van der Waals surface area contributed by atoms with Crippen LogP contribution in [0.5, 0.6) is 0 Å². The number of benzene rings is 3. The highest BCUT2D eigenvalue weighted by molar-refractivity contribution is 5.77. The largest absolute Gasteiger partial charge is 0.311 e. The predicted octanol–water partition coefficient (Wildman–Crippen LogP) is 9.68. The second-order valence-corrected chi connectivity index (χ2v) is 12.4. The molecule has 0 bridgehead atoms. The van der Waals surface area contributed by atoms with Gasteiger partial charge in [-0.25, -0.2) is 0 Å². The molecule has 0 radical (unpaired) electrons. The molecule has 1 heteroatoms. The van der Waals surface area contributed by atoms with Crippen molar-refractivity contribution in [2.75, 3.05) is 4.90 Å². The summed E-state index contributed by atoms with van der Waals surface area (Å²) >= 11 is 0. The zero-order valence-corrected chi connectivity index (χ0v) is 22.5. The Bertz CT molecular complexity index is 980. The maximum atomic E-state index is 2.37. The normalized spacial score (nSPS) is 12.8. The number of rotatable bonds is 5. The van der Waals surface area contributed by atoms with Crippen LogP contribution in [0.1, 0.15) is 85.9 Å². The lowest BCUT2D eigenvalue weighted by Crippen LogP contribution is -2.24. The van der Waals surface area contributed by atoms with Crippen LogP contribution in [-0.2, 0) is 16.2 Å². The molecule has 0 fully saturated rings. The van der Waals surface area contributed by atoms with Crippen molar-refractivity contribution >= 4 is 17.1 Å². The molecule has 1 nitrogen and oxygen atoms in total. The first-order valence-electron chi connectivity index (χ1n) is 12.3. The van der Waals surface area contributed by atoms with E-state index in [1.807, 2.05) is 0 Å². The molecule has 0 spiro atoms. The quantitative estimate of drug-likeness (QED) is 0.381. The molecule has 3 aromatic carbocycles. The van der Waals surface area contributed by atoms with Crippen LogP contribution >= 0.6 is 0 Å². The molecule has 33 heavy (non-hydrogen) atoms. The Labute approximate surface area is 202 Å². The first-order chi connectivity index (χ1) is 15.2. The van der Waals surface area contributed by atoms with Gasteiger partial charge in [-0.05, 0) is 75.3 Å². The standard InChI is InChI=1S/C32H43N/c1-23(2)32(9,10)26-15-21-29(22-16-26)33(27-17-11-24(12-18-27)30(3,4)5)28-19-13-25(14-20-28)31(6,7)8/h11-23H,1-10H3. The van der Waals surface area contributed by atoms with Crippen LogP contribution < -0.4 is 4.90 Å². The number of hydrogen-bond donors (Lipinski definition) is 0. The molecule has 0 saturated carbocycles. The molecule has 176 valence electrons. The molecular weight excluding hydrogens is 398 g/mol. The smallest absolute Gasteiger partial charge is 0.0461 e. The lowest BCUT2D eigenvalue weighted by Gasteiger charge is -2.31. The third-order valence-electron chi connectivity index (χ3n) is 7.30. The topological polar surface area (TPSA) is 3.24 Å². The van der Waals surface area contributed by atoms with Crippen molar-refractivity contribution in [3.8, 4) is 0 Å². The molecule has 0 N–H and O–H groups in total. The fourth-order valence-corrected chi connectivity index (χ4v) is 4.04. The Balaban J connectivity index is 2.08. The van der Waals surface area contributed by atoms with E-state index in [1.54, 1.807) is 0 Å². The van der Waals surface area contributed by atoms with Crippen molar-refractivity contribution in [1.82, 2.24) is 0 Å². The average Bonchev–Trinajstić information content (AvgIpc) is 2.74. The Hall–Kier alpha value is -2.54. The van der Waals surface area contributed by atoms with Gasteiger partial charge in [-0.1, -0.05) is 106 Å². The number of hydrogen-bond acceptors (Lipinski definition) is 1. The molecule has 0 aliphatic carbocycles. The van der Waals surface area contributed by atoms with E-state index >= 15 is 0 Å². The maximum Gasteiger partial charge on any atom is 0.0461 e. The summed E-state index contributed by atoms with van der Waals surface area (Å²) in [6.07, 6.45) is 0. The summed E-state index contributed by atoms with van der Waals surface area (Å²) in [6, 6.07) is 27.2. The first kappa shape index (κ1) is 25.1. The van der Waals surface area contributed by atoms with Gasteiger partial charge in [0.25, 0.3) is 0 Å². The van der Waals surface area contributed by atoms with Gasteiger partial charge in [0.05, 0.1) is 0 Å². The molecule has 0 heterocycles. The summed E-state index contributed by atoms with van der Waals surface area (Å²) in [5.74, 6) is 0.578. The van der Waals surface area contributed by atoms with Crippen molar-refractivity contribution in [2.45, 2.75) is 85.5 Å². The number of anilines is 3. The van der Waals surface area contributed by atoms with E-state index in [0.717, 1.165) is 0 Å². The Morgan fingerprint density at radius 3 is 0.970 bits per heavy atom. The van der Waals surface area contributed by atoms with Crippen molar-refractivity contribution in [1.29, 1.82) is 0 Å². The van der Waals surface area contributed by atoms with E-state index in [4.69, 9.17) is 0 Å². The van der Waals surface area contributed by atoms with Crippen LogP contribution in [-0.4, -0.2) is 0 Å². The van der Waals surface area contributed by atoms with Crippen molar-refractivity contribution in [3.05, 3.63) is 89.5 Å². The summed E-state index contributed by atoms with van der Waals surface area (Å²) in [6.45, 7) is 22.9. The summed E-state index contributed by atoms with van der Waals surface area (Å²) in [5.41, 5.74) is 8.06. The van der Waals surface area contributed by atoms with Crippen LogP contribution in [0.15, 0.2) is 72.8 Å². The summed E-state index contributed by atoms with van der Waals surface area (Å²) in [5, 5.41) is 0. The van der Waals surface area contributed by atoms with Crippen molar-refractivity contribution in [3.63, 3.8) is 0 Å². The molecule has 0 aromatic heterocycles. The lowest BCUT2D eigenvalue weighted by atomic mass is 9.75. The van der Waals surface area contributed by atoms with Gasteiger partial charge in [-0.15, -0.1) is 0 Å². The van der Waals surface area contributed by atoms with Gasteiger partial charge in [0.2, 0.25) is 0 Å². The zero-order valence-electron chi connectivity index (χ0n) is 22.5. The van der Waals surface area contributed by atoms with Gasteiger partial charge < -0.3 is 4.90 Å². The van der Waals surface area contributed by atoms with E-state index < -0.39 is 0 Å². The molecule has 0 saturated heterocycles. The molecule has 0 aliphatic rings. The molecule has 0 atom stereocenters. The fraction of sp³-hybridized carbons (Fsp3) is 0.438. The highest BCUT2D eigenvalue weighted by Crippen LogP contribution is 2.39. The molecule has 0 amide bonds. The van der Waals surface area contributed by atoms with E-state index in [-0.39, 0.29) is 16.2 Å². The van der Waals surface area contributed by atoms with Crippen LogP contribution in [0.3, 0.4) is 0 Å². The van der Waals surface area contributed by atoms with Gasteiger partial charge in [-0.3, -0.25) is 0 Å². The van der Waals surface area contributed by atoms with Crippen LogP contribution in [0.2, 0.25) is 0 Å². The average molecular weight is 442 g/mol. The van der Waals surface area contributed by atoms with E-state index in [9.17, 15) is 0 Å². The van der Waals surface area contributed by atoms with Crippen LogP contribution in [0.4, 0.5) is 17.1 Å². The highest BCUT2D eigenvalue weighted by atomic mass is 15.1. The first-order valence-corrected chi connectivity index (χ1v) is 12.3. The van der Waals surface area contributed by atoms with Gasteiger partial charge in [0.15, 0.2) is 0 Å². The minimum absolute atomic E-state index is 0.141. The second-order valence-electron chi connectivity index (χ2n) is 12.4. The second kappa shape index (κ2) is 9.01. The monoisotopic (exact) mass is 441 g/mol. The van der Waals surface area contributed by atoms with Gasteiger partial charge in [-0.2, -0.15) is 0 Å². The maximum absolute atomic E-state index is 2.37. The molecule has 0 aliphatic heterocycles. The van der Waals surface area contributed by atoms with E-state index in [1.165, 1.54) is 33.8 Å². The SMILES string of the molecule is CC(C)C(C)(C)c1ccc(N(c2ccc(C(C)(C)C)cc2)c2ccc(C(C)(C)C)cc2)cc1. The molecule has 3 aromatic rings. The zero-order chi connectivity index (χ0) is 24.6. The lowest BCUT2D eigenvalue weighted by molar-refractivity contribution is 0.372. The van der Waals surface area contributed by atoms with Gasteiger partial charge in [0, 0.05) is 17.1 Å². The Morgan fingerprint density at radius 2 is 0.727 bits per heavy atom. The minimum atomic E-state index is 0.141.